The topological polar surface area (TPSA) is 59.1 Å². The number of para-hydroxylation sites is 1. The van der Waals surface area contributed by atoms with Crippen LogP contribution in [0.5, 0.6) is 5.75 Å². The molecule has 170 valence electrons. The van der Waals surface area contributed by atoms with Crippen LogP contribution in [0, 0.1) is 5.41 Å². The van der Waals surface area contributed by atoms with Crippen LogP contribution in [0.1, 0.15) is 36.9 Å². The summed E-state index contributed by atoms with van der Waals surface area (Å²) in [6.07, 6.45) is 2.14. The predicted molar refractivity (Wildman–Crippen MR) is 122 cm³/mol. The SMILES string of the molecule is COc1ccccc1[C@@H]1CN(C(=O)C2(Cc3ccccc3)CCOCC2)CCN1C(C)=O. The minimum atomic E-state index is -0.469. The molecule has 2 saturated heterocycles. The van der Waals surface area contributed by atoms with E-state index in [1.165, 1.54) is 5.56 Å². The molecular formula is C26H32N2O4. The van der Waals surface area contributed by atoms with Gasteiger partial charge in [0.25, 0.3) is 0 Å². The lowest BCUT2D eigenvalue weighted by Crippen LogP contribution is -2.56. The number of hydrogen-bond donors (Lipinski definition) is 0. The van der Waals surface area contributed by atoms with Gasteiger partial charge in [0.2, 0.25) is 11.8 Å². The second-order valence-electron chi connectivity index (χ2n) is 8.78. The standard InChI is InChI=1S/C26H32N2O4/c1-20(29)28-15-14-27(19-23(28)22-10-6-7-11-24(22)31-2)25(30)26(12-16-32-17-13-26)18-21-8-4-3-5-9-21/h3-11,23H,12-19H2,1-2H3/t23-/m0/s1. The third-order valence-corrected chi connectivity index (χ3v) is 6.86. The molecular weight excluding hydrogens is 404 g/mol. The molecule has 0 aliphatic carbocycles. The Hall–Kier alpha value is -2.86. The minimum absolute atomic E-state index is 0.0121. The Morgan fingerprint density at radius 3 is 2.41 bits per heavy atom. The monoisotopic (exact) mass is 436 g/mol. The normalized spacial score (nSPS) is 20.6. The van der Waals surface area contributed by atoms with Crippen LogP contribution in [0.15, 0.2) is 54.6 Å². The third kappa shape index (κ3) is 4.51. The summed E-state index contributed by atoms with van der Waals surface area (Å²) < 4.78 is 11.2. The van der Waals surface area contributed by atoms with Gasteiger partial charge in [0, 0.05) is 45.3 Å². The van der Waals surface area contributed by atoms with Gasteiger partial charge in [0.15, 0.2) is 0 Å². The van der Waals surface area contributed by atoms with Gasteiger partial charge in [-0.25, -0.2) is 0 Å². The van der Waals surface area contributed by atoms with E-state index in [1.807, 2.05) is 52.3 Å². The highest BCUT2D eigenvalue weighted by Crippen LogP contribution is 2.39. The number of hydrogen-bond acceptors (Lipinski definition) is 4. The summed E-state index contributed by atoms with van der Waals surface area (Å²) in [4.78, 5) is 30.3. The van der Waals surface area contributed by atoms with Gasteiger partial charge in [-0.2, -0.15) is 0 Å². The molecule has 2 aromatic carbocycles. The number of carbonyl (C=O) groups is 2. The van der Waals surface area contributed by atoms with E-state index in [4.69, 9.17) is 9.47 Å². The largest absolute Gasteiger partial charge is 0.496 e. The maximum Gasteiger partial charge on any atom is 0.229 e. The van der Waals surface area contributed by atoms with E-state index in [2.05, 4.69) is 12.1 Å². The van der Waals surface area contributed by atoms with Crippen molar-refractivity contribution in [2.24, 2.45) is 5.41 Å². The van der Waals surface area contributed by atoms with E-state index in [0.29, 0.717) is 52.1 Å². The zero-order chi connectivity index (χ0) is 22.6. The van der Waals surface area contributed by atoms with Crippen LogP contribution in [0.4, 0.5) is 0 Å². The quantitative estimate of drug-likeness (QED) is 0.720. The van der Waals surface area contributed by atoms with Gasteiger partial charge in [0.05, 0.1) is 18.6 Å². The Morgan fingerprint density at radius 2 is 1.72 bits per heavy atom. The van der Waals surface area contributed by atoms with Crippen molar-refractivity contribution in [1.29, 1.82) is 0 Å². The highest BCUT2D eigenvalue weighted by molar-refractivity contribution is 5.84. The number of ether oxygens (including phenoxy) is 2. The Labute approximate surface area is 190 Å². The molecule has 0 N–H and O–H groups in total. The zero-order valence-corrected chi connectivity index (χ0v) is 19.0. The summed E-state index contributed by atoms with van der Waals surface area (Å²) in [5, 5.41) is 0. The van der Waals surface area contributed by atoms with E-state index < -0.39 is 5.41 Å². The molecule has 2 amide bonds. The van der Waals surface area contributed by atoms with Gasteiger partial charge in [-0.15, -0.1) is 0 Å². The number of carbonyl (C=O) groups excluding carboxylic acids is 2. The second kappa shape index (κ2) is 9.74. The number of nitrogens with zero attached hydrogens (tertiary/aromatic N) is 2. The van der Waals surface area contributed by atoms with Crippen LogP contribution in [0.2, 0.25) is 0 Å². The molecule has 6 nitrogen and oxygen atoms in total. The molecule has 4 rings (SSSR count). The average molecular weight is 437 g/mol. The van der Waals surface area contributed by atoms with E-state index in [1.54, 1.807) is 14.0 Å². The van der Waals surface area contributed by atoms with Gasteiger partial charge in [0.1, 0.15) is 5.75 Å². The summed E-state index contributed by atoms with van der Waals surface area (Å²) in [6, 6.07) is 17.8. The van der Waals surface area contributed by atoms with Crippen molar-refractivity contribution >= 4 is 11.8 Å². The van der Waals surface area contributed by atoms with Crippen LogP contribution in [-0.2, 0) is 20.7 Å². The molecule has 0 spiro atoms. The number of piperazine rings is 1. The molecule has 0 radical (unpaired) electrons. The van der Waals surface area contributed by atoms with E-state index in [0.717, 1.165) is 11.3 Å². The maximum atomic E-state index is 14.0. The molecule has 2 aliphatic heterocycles. The fourth-order valence-electron chi connectivity index (χ4n) is 5.10. The van der Waals surface area contributed by atoms with Gasteiger partial charge >= 0.3 is 0 Å². The fourth-order valence-corrected chi connectivity index (χ4v) is 5.10. The van der Waals surface area contributed by atoms with Crippen LogP contribution in [0.3, 0.4) is 0 Å². The van der Waals surface area contributed by atoms with Crippen LogP contribution in [0.25, 0.3) is 0 Å². The smallest absolute Gasteiger partial charge is 0.229 e. The van der Waals surface area contributed by atoms with Crippen molar-refractivity contribution in [2.45, 2.75) is 32.2 Å². The summed E-state index contributed by atoms with van der Waals surface area (Å²) in [7, 11) is 1.64. The molecule has 2 aromatic rings. The van der Waals surface area contributed by atoms with Crippen molar-refractivity contribution in [3.8, 4) is 5.75 Å². The van der Waals surface area contributed by atoms with Crippen molar-refractivity contribution in [2.75, 3.05) is 40.0 Å². The van der Waals surface area contributed by atoms with Crippen LogP contribution >= 0.6 is 0 Å². The van der Waals surface area contributed by atoms with E-state index in [-0.39, 0.29) is 17.9 Å². The number of rotatable bonds is 5. The summed E-state index contributed by atoms with van der Waals surface area (Å²) in [5.74, 6) is 0.925. The average Bonchev–Trinajstić information content (AvgIpc) is 2.84. The second-order valence-corrected chi connectivity index (χ2v) is 8.78. The number of benzene rings is 2. The van der Waals surface area contributed by atoms with Crippen molar-refractivity contribution in [3.05, 3.63) is 65.7 Å². The summed E-state index contributed by atoms with van der Waals surface area (Å²) in [6.45, 7) is 4.32. The fraction of sp³-hybridized carbons (Fsp3) is 0.462. The lowest BCUT2D eigenvalue weighted by Gasteiger charge is -2.46. The lowest BCUT2D eigenvalue weighted by molar-refractivity contribution is -0.154. The zero-order valence-electron chi connectivity index (χ0n) is 19.0. The highest BCUT2D eigenvalue weighted by Gasteiger charge is 2.45. The van der Waals surface area contributed by atoms with E-state index >= 15 is 0 Å². The third-order valence-electron chi connectivity index (χ3n) is 6.86. The Balaban J connectivity index is 1.62. The molecule has 1 atom stereocenters. The van der Waals surface area contributed by atoms with Crippen LogP contribution in [-0.4, -0.2) is 61.6 Å². The molecule has 32 heavy (non-hydrogen) atoms. The number of methoxy groups -OCH3 is 1. The molecule has 2 fully saturated rings. The first-order chi connectivity index (χ1) is 15.5. The first-order valence-corrected chi connectivity index (χ1v) is 11.4. The number of amides is 2. The molecule has 0 saturated carbocycles. The first-order valence-electron chi connectivity index (χ1n) is 11.4. The van der Waals surface area contributed by atoms with Gasteiger partial charge in [-0.3, -0.25) is 9.59 Å². The predicted octanol–water partition coefficient (Wildman–Crippen LogP) is 3.47. The molecule has 0 aromatic heterocycles. The van der Waals surface area contributed by atoms with Gasteiger partial charge < -0.3 is 19.3 Å². The van der Waals surface area contributed by atoms with Gasteiger partial charge in [-0.05, 0) is 30.9 Å². The van der Waals surface area contributed by atoms with Crippen LogP contribution < -0.4 is 4.74 Å². The summed E-state index contributed by atoms with van der Waals surface area (Å²) >= 11 is 0. The Kier molecular flexibility index (Phi) is 6.80. The molecule has 2 aliphatic rings. The maximum absolute atomic E-state index is 14.0. The molecule has 0 bridgehead atoms. The molecule has 6 heteroatoms. The van der Waals surface area contributed by atoms with Crippen molar-refractivity contribution in [1.82, 2.24) is 9.80 Å². The minimum Gasteiger partial charge on any atom is -0.496 e. The lowest BCUT2D eigenvalue weighted by atomic mass is 9.73. The van der Waals surface area contributed by atoms with E-state index in [9.17, 15) is 9.59 Å². The Bertz CT molecular complexity index is 940. The first kappa shape index (κ1) is 22.3. The van der Waals surface area contributed by atoms with Crippen molar-refractivity contribution < 1.29 is 19.1 Å². The van der Waals surface area contributed by atoms with Crippen molar-refractivity contribution in [3.63, 3.8) is 0 Å². The summed E-state index contributed by atoms with van der Waals surface area (Å²) in [5.41, 5.74) is 1.64. The Morgan fingerprint density at radius 1 is 1.03 bits per heavy atom. The molecule has 0 unspecified atom stereocenters. The molecule has 2 heterocycles. The highest BCUT2D eigenvalue weighted by atomic mass is 16.5. The van der Waals surface area contributed by atoms with Gasteiger partial charge in [-0.1, -0.05) is 48.5 Å².